The highest BCUT2D eigenvalue weighted by atomic mass is 35.5. The number of halogens is 1. The van der Waals surface area contributed by atoms with Crippen molar-refractivity contribution >= 4 is 28.3 Å². The molecule has 0 aliphatic rings. The first-order valence-electron chi connectivity index (χ1n) is 6.89. The van der Waals surface area contributed by atoms with Crippen molar-refractivity contribution in [2.24, 2.45) is 0 Å². The number of methoxy groups -OCH3 is 1. The Morgan fingerprint density at radius 2 is 2.00 bits per heavy atom. The van der Waals surface area contributed by atoms with Crippen LogP contribution in [0.1, 0.15) is 0 Å². The second kappa shape index (κ2) is 5.10. The van der Waals surface area contributed by atoms with E-state index in [9.17, 15) is 5.21 Å². The molecule has 0 radical (unpaired) electrons. The molecular formula is C16H11ClN4O2. The number of fused-ring (bicyclic) bond motifs is 3. The van der Waals surface area contributed by atoms with Crippen LogP contribution < -0.4 is 9.58 Å². The molecule has 0 N–H and O–H groups in total. The molecule has 0 spiro atoms. The molecule has 2 heterocycles. The minimum absolute atomic E-state index is 0.400. The molecule has 7 heteroatoms. The van der Waals surface area contributed by atoms with Gasteiger partial charge in [-0.25, -0.2) is 4.52 Å². The van der Waals surface area contributed by atoms with E-state index in [0.717, 1.165) is 5.56 Å². The molecule has 0 atom stereocenters. The summed E-state index contributed by atoms with van der Waals surface area (Å²) in [4.78, 5) is 0.578. The van der Waals surface area contributed by atoms with E-state index in [2.05, 4.69) is 10.2 Å². The van der Waals surface area contributed by atoms with Crippen LogP contribution in [0.15, 0.2) is 48.5 Å². The summed E-state index contributed by atoms with van der Waals surface area (Å²) in [6.07, 6.45) is 0. The molecule has 114 valence electrons. The Bertz CT molecular complexity index is 1050. The SMILES string of the molecule is COc1ccccc1-c1cc2n[n+]([O-])c3ccc(Cl)cc3n2n1. The summed E-state index contributed by atoms with van der Waals surface area (Å²) >= 11 is 6.05. The van der Waals surface area contributed by atoms with Gasteiger partial charge in [-0.1, -0.05) is 23.7 Å². The quantitative estimate of drug-likeness (QED) is 0.419. The Morgan fingerprint density at radius 3 is 2.83 bits per heavy atom. The van der Waals surface area contributed by atoms with Gasteiger partial charge in [0.05, 0.1) is 12.8 Å². The van der Waals surface area contributed by atoms with Crippen LogP contribution in [0.2, 0.25) is 5.02 Å². The van der Waals surface area contributed by atoms with Crippen LogP contribution in [0.4, 0.5) is 0 Å². The fourth-order valence-corrected chi connectivity index (χ4v) is 2.75. The molecule has 0 aliphatic heterocycles. The summed E-state index contributed by atoms with van der Waals surface area (Å²) in [5.41, 5.74) is 2.93. The highest BCUT2D eigenvalue weighted by Crippen LogP contribution is 2.29. The van der Waals surface area contributed by atoms with E-state index in [1.165, 1.54) is 0 Å². The minimum atomic E-state index is 0.400. The fourth-order valence-electron chi connectivity index (χ4n) is 2.58. The molecule has 0 saturated carbocycles. The van der Waals surface area contributed by atoms with E-state index in [1.807, 2.05) is 24.3 Å². The number of aromatic nitrogens is 4. The first kappa shape index (κ1) is 13.8. The van der Waals surface area contributed by atoms with Crippen molar-refractivity contribution in [3.8, 4) is 17.0 Å². The lowest BCUT2D eigenvalue weighted by Gasteiger charge is -2.04. The van der Waals surface area contributed by atoms with Crippen molar-refractivity contribution in [1.29, 1.82) is 0 Å². The molecule has 4 aromatic rings. The predicted octanol–water partition coefficient (Wildman–Crippen LogP) is 2.84. The van der Waals surface area contributed by atoms with Gasteiger partial charge >= 0.3 is 0 Å². The third-order valence-corrected chi connectivity index (χ3v) is 3.87. The Balaban J connectivity index is 2.05. The number of hydrogen-bond donors (Lipinski definition) is 0. The number of para-hydroxylation sites is 1. The van der Waals surface area contributed by atoms with Gasteiger partial charge in [-0.2, -0.15) is 5.10 Å². The largest absolute Gasteiger partial charge is 0.594 e. The zero-order chi connectivity index (χ0) is 16.0. The third-order valence-electron chi connectivity index (χ3n) is 3.64. The van der Waals surface area contributed by atoms with E-state index in [4.69, 9.17) is 16.3 Å². The van der Waals surface area contributed by atoms with Crippen molar-refractivity contribution < 1.29 is 9.58 Å². The van der Waals surface area contributed by atoms with E-state index >= 15 is 0 Å². The molecule has 0 saturated heterocycles. The van der Waals surface area contributed by atoms with Crippen molar-refractivity contribution in [2.75, 3.05) is 7.11 Å². The Morgan fingerprint density at radius 1 is 1.17 bits per heavy atom. The highest BCUT2D eigenvalue weighted by molar-refractivity contribution is 6.31. The van der Waals surface area contributed by atoms with Gasteiger partial charge < -0.3 is 9.94 Å². The first-order chi connectivity index (χ1) is 11.2. The van der Waals surface area contributed by atoms with Gasteiger partial charge in [-0.15, -0.1) is 0 Å². The molecule has 6 nitrogen and oxygen atoms in total. The summed E-state index contributed by atoms with van der Waals surface area (Å²) in [6, 6.07) is 14.3. The van der Waals surface area contributed by atoms with Gasteiger partial charge in [0.2, 0.25) is 5.65 Å². The Labute approximate surface area is 136 Å². The summed E-state index contributed by atoms with van der Waals surface area (Å²) in [7, 11) is 1.60. The standard InChI is InChI=1S/C16H11ClN4O2/c1-23-15-5-3-2-4-11(15)12-9-16-19-21(22)13-7-6-10(17)8-14(13)20(16)18-12/h2-9H,1H3. The smallest absolute Gasteiger partial charge is 0.270 e. The van der Waals surface area contributed by atoms with Crippen LogP contribution in [0.25, 0.3) is 27.9 Å². The van der Waals surface area contributed by atoms with Gasteiger partial charge in [0.15, 0.2) is 0 Å². The lowest BCUT2D eigenvalue weighted by Crippen LogP contribution is -2.32. The Kier molecular flexibility index (Phi) is 3.06. The van der Waals surface area contributed by atoms with Gasteiger partial charge in [0.25, 0.3) is 5.52 Å². The number of benzene rings is 2. The maximum absolute atomic E-state index is 12.1. The average molecular weight is 327 g/mol. The van der Waals surface area contributed by atoms with Crippen molar-refractivity contribution in [3.05, 3.63) is 58.8 Å². The minimum Gasteiger partial charge on any atom is -0.594 e. The second-order valence-electron chi connectivity index (χ2n) is 5.01. The van der Waals surface area contributed by atoms with Crippen LogP contribution in [0.3, 0.4) is 0 Å². The van der Waals surface area contributed by atoms with E-state index in [0.29, 0.717) is 38.0 Å². The highest BCUT2D eigenvalue weighted by Gasteiger charge is 2.16. The van der Waals surface area contributed by atoms with Crippen LogP contribution in [-0.2, 0) is 0 Å². The van der Waals surface area contributed by atoms with Gasteiger partial charge in [-0.3, -0.25) is 0 Å². The van der Waals surface area contributed by atoms with E-state index < -0.39 is 0 Å². The van der Waals surface area contributed by atoms with Gasteiger partial charge in [-0.05, 0) is 29.1 Å². The second-order valence-corrected chi connectivity index (χ2v) is 5.44. The van der Waals surface area contributed by atoms with Crippen LogP contribution in [0.5, 0.6) is 5.75 Å². The molecule has 0 bridgehead atoms. The molecule has 0 unspecified atom stereocenters. The van der Waals surface area contributed by atoms with E-state index in [1.54, 1.807) is 35.9 Å². The van der Waals surface area contributed by atoms with Crippen molar-refractivity contribution in [3.63, 3.8) is 0 Å². The molecule has 2 aromatic carbocycles. The predicted molar refractivity (Wildman–Crippen MR) is 86.5 cm³/mol. The number of ether oxygens (including phenoxy) is 1. The zero-order valence-corrected chi connectivity index (χ0v) is 12.9. The van der Waals surface area contributed by atoms with Crippen LogP contribution >= 0.6 is 11.6 Å². The van der Waals surface area contributed by atoms with Crippen molar-refractivity contribution in [1.82, 2.24) is 14.7 Å². The number of hydrogen-bond acceptors (Lipinski definition) is 4. The van der Waals surface area contributed by atoms with E-state index in [-0.39, 0.29) is 0 Å². The maximum Gasteiger partial charge on any atom is 0.270 e. The number of nitrogens with zero attached hydrogens (tertiary/aromatic N) is 4. The molecule has 23 heavy (non-hydrogen) atoms. The lowest BCUT2D eigenvalue weighted by atomic mass is 10.1. The van der Waals surface area contributed by atoms with Gasteiger partial charge in [0, 0.05) is 27.8 Å². The molecule has 2 aromatic heterocycles. The average Bonchev–Trinajstić information content (AvgIpc) is 2.98. The number of rotatable bonds is 2. The monoisotopic (exact) mass is 326 g/mol. The molecule has 0 fully saturated rings. The Hall–Kier alpha value is -2.86. The zero-order valence-electron chi connectivity index (χ0n) is 12.1. The fraction of sp³-hybridized carbons (Fsp3) is 0.0625. The maximum atomic E-state index is 12.1. The molecule has 0 amide bonds. The summed E-state index contributed by atoms with van der Waals surface area (Å²) in [5, 5.41) is 21.2. The molecule has 4 rings (SSSR count). The van der Waals surface area contributed by atoms with Gasteiger partial charge in [0.1, 0.15) is 11.3 Å². The first-order valence-corrected chi connectivity index (χ1v) is 7.27. The van der Waals surface area contributed by atoms with Crippen LogP contribution in [0, 0.1) is 5.21 Å². The summed E-state index contributed by atoms with van der Waals surface area (Å²) < 4.78 is 6.98. The van der Waals surface area contributed by atoms with Crippen LogP contribution in [-0.4, -0.2) is 21.8 Å². The van der Waals surface area contributed by atoms with Crippen molar-refractivity contribution in [2.45, 2.75) is 0 Å². The lowest BCUT2D eigenvalue weighted by molar-refractivity contribution is -0.640. The topological polar surface area (TPSA) is 66.4 Å². The summed E-state index contributed by atoms with van der Waals surface area (Å²) in [5.74, 6) is 0.702. The summed E-state index contributed by atoms with van der Waals surface area (Å²) in [6.45, 7) is 0. The third kappa shape index (κ3) is 2.15. The molecule has 0 aliphatic carbocycles. The molecular weight excluding hydrogens is 316 g/mol. The normalized spacial score (nSPS) is 11.2.